The Morgan fingerprint density at radius 3 is 2.16 bits per heavy atom. The molecule has 2 aromatic carbocycles. The zero-order valence-corrected chi connectivity index (χ0v) is 23.2. The molecule has 1 amide bonds. The first-order valence-corrected chi connectivity index (χ1v) is 13.8. The molecule has 0 unspecified atom stereocenters. The molecule has 0 aliphatic heterocycles. The van der Waals surface area contributed by atoms with E-state index in [4.69, 9.17) is 4.74 Å². The highest BCUT2D eigenvalue weighted by Crippen LogP contribution is 2.33. The van der Waals surface area contributed by atoms with Gasteiger partial charge in [0.05, 0.1) is 5.69 Å². The number of aryl methyl sites for hydroxylation is 4. The minimum atomic E-state index is -4.21. The Bertz CT molecular complexity index is 1600. The Balaban J connectivity index is 0.00000420. The van der Waals surface area contributed by atoms with Crippen molar-refractivity contribution in [2.75, 3.05) is 0 Å². The normalized spacial score (nSPS) is 11.4. The third kappa shape index (κ3) is 5.92. The minimum absolute atomic E-state index is 0. The predicted octanol–water partition coefficient (Wildman–Crippen LogP) is 6.66. The van der Waals surface area contributed by atoms with E-state index in [0.29, 0.717) is 23.1 Å². The van der Waals surface area contributed by atoms with Crippen molar-refractivity contribution in [3.63, 3.8) is 0 Å². The summed E-state index contributed by atoms with van der Waals surface area (Å²) in [6, 6.07) is 19.8. The summed E-state index contributed by atoms with van der Waals surface area (Å²) in [6.45, 7) is 11.7. The highest BCUT2D eigenvalue weighted by molar-refractivity contribution is 7.90. The van der Waals surface area contributed by atoms with E-state index in [0.717, 1.165) is 22.3 Å². The van der Waals surface area contributed by atoms with Gasteiger partial charge in [0.2, 0.25) is 5.88 Å². The van der Waals surface area contributed by atoms with Crippen molar-refractivity contribution in [1.29, 1.82) is 0 Å². The summed E-state index contributed by atoms with van der Waals surface area (Å²) in [5.41, 5.74) is 5.97. The zero-order valence-electron chi connectivity index (χ0n) is 22.4. The van der Waals surface area contributed by atoms with Crippen LogP contribution in [0.2, 0.25) is 0 Å². The van der Waals surface area contributed by atoms with Crippen molar-refractivity contribution in [3.8, 4) is 22.9 Å². The number of hydrogen-bond donors (Lipinski definition) is 1. The highest BCUT2D eigenvalue weighted by Gasteiger charge is 2.24. The van der Waals surface area contributed by atoms with Crippen LogP contribution in [-0.2, 0) is 10.0 Å². The summed E-state index contributed by atoms with van der Waals surface area (Å²) in [5, 5.41) is -0.242. The molecule has 2 aromatic heterocycles. The molecule has 0 saturated heterocycles. The third-order valence-electron chi connectivity index (χ3n) is 6.15. The average molecular weight is 532 g/mol. The molecule has 8 heteroatoms. The van der Waals surface area contributed by atoms with Crippen LogP contribution in [0.4, 0.5) is 0 Å². The van der Waals surface area contributed by atoms with Gasteiger partial charge in [-0.25, -0.2) is 14.7 Å². The van der Waals surface area contributed by atoms with Crippen LogP contribution in [0, 0.1) is 27.7 Å². The Kier molecular flexibility index (Phi) is 7.64. The number of carbonyl (C=O) groups excluding carboxylic acids is 1. The highest BCUT2D eigenvalue weighted by atomic mass is 32.2. The minimum Gasteiger partial charge on any atom is -0.438 e. The molecule has 0 aliphatic carbocycles. The molecule has 0 aliphatic rings. The zero-order chi connectivity index (χ0) is 27.6. The number of hydrogen-bond acceptors (Lipinski definition) is 6. The second-order valence-electron chi connectivity index (χ2n) is 9.71. The lowest BCUT2D eigenvalue weighted by Gasteiger charge is -2.16. The molecule has 0 radical (unpaired) electrons. The van der Waals surface area contributed by atoms with Crippen molar-refractivity contribution in [3.05, 3.63) is 100 Å². The second kappa shape index (κ2) is 10.8. The number of pyridine rings is 2. The molecule has 0 atom stereocenters. The number of amides is 1. The molecular weight excluding hydrogens is 498 g/mol. The summed E-state index contributed by atoms with van der Waals surface area (Å²) < 4.78 is 34.1. The number of rotatable bonds is 7. The number of ether oxygens (including phenoxy) is 1. The van der Waals surface area contributed by atoms with Crippen molar-refractivity contribution >= 4 is 15.9 Å². The fourth-order valence-corrected chi connectivity index (χ4v) is 5.19. The van der Waals surface area contributed by atoms with Crippen LogP contribution < -0.4 is 9.46 Å². The van der Waals surface area contributed by atoms with E-state index in [1.165, 1.54) is 17.7 Å². The van der Waals surface area contributed by atoms with Gasteiger partial charge < -0.3 is 4.74 Å². The van der Waals surface area contributed by atoms with Gasteiger partial charge in [-0.15, -0.1) is 0 Å². The Morgan fingerprint density at radius 2 is 1.55 bits per heavy atom. The maximum atomic E-state index is 13.3. The van der Waals surface area contributed by atoms with Gasteiger partial charge in [0, 0.05) is 12.7 Å². The molecule has 0 saturated carbocycles. The van der Waals surface area contributed by atoms with Gasteiger partial charge in [0.15, 0.2) is 5.03 Å². The van der Waals surface area contributed by atoms with E-state index in [9.17, 15) is 13.2 Å². The van der Waals surface area contributed by atoms with E-state index in [-0.39, 0.29) is 17.9 Å². The predicted molar refractivity (Wildman–Crippen MR) is 150 cm³/mol. The fourth-order valence-electron chi connectivity index (χ4n) is 4.21. The summed E-state index contributed by atoms with van der Waals surface area (Å²) in [6.07, 6.45) is 0. The van der Waals surface area contributed by atoms with E-state index >= 15 is 0 Å². The monoisotopic (exact) mass is 531 g/mol. The van der Waals surface area contributed by atoms with Crippen LogP contribution in [0.25, 0.3) is 11.3 Å². The maximum Gasteiger partial charge on any atom is 0.281 e. The Morgan fingerprint density at radius 1 is 0.895 bits per heavy atom. The molecule has 0 spiro atoms. The third-order valence-corrected chi connectivity index (χ3v) is 7.38. The number of sulfonamides is 1. The van der Waals surface area contributed by atoms with E-state index in [1.54, 1.807) is 25.1 Å². The summed E-state index contributed by atoms with van der Waals surface area (Å²) in [4.78, 5) is 22.0. The standard InChI is InChI=1S/C30H31N3O4S.H2/c1-18(2)23-10-12-24(13-11-23)26-15-14-25(29(34)33-38(35,36)27-9-7-8-22(6)31-27)30(32-26)37-28-20(4)16-19(3)17-21(28)5;/h7-18H,1-6H3,(H,33,34);1H. The first-order chi connectivity index (χ1) is 17.9. The molecule has 4 aromatic rings. The van der Waals surface area contributed by atoms with Crippen LogP contribution in [0.1, 0.15) is 59.5 Å². The molecule has 4 rings (SSSR count). The van der Waals surface area contributed by atoms with Crippen LogP contribution in [-0.4, -0.2) is 24.3 Å². The van der Waals surface area contributed by atoms with Gasteiger partial charge in [0.25, 0.3) is 15.9 Å². The topological polar surface area (TPSA) is 98.2 Å². The van der Waals surface area contributed by atoms with Crippen LogP contribution >= 0.6 is 0 Å². The molecule has 38 heavy (non-hydrogen) atoms. The van der Waals surface area contributed by atoms with Crippen LogP contribution in [0.15, 0.2) is 71.8 Å². The van der Waals surface area contributed by atoms with Crippen LogP contribution in [0.3, 0.4) is 0 Å². The lowest BCUT2D eigenvalue weighted by molar-refractivity contribution is 0.0978. The van der Waals surface area contributed by atoms with Crippen molar-refractivity contribution < 1.29 is 19.4 Å². The van der Waals surface area contributed by atoms with E-state index < -0.39 is 15.9 Å². The summed E-state index contributed by atoms with van der Waals surface area (Å²) >= 11 is 0. The Hall–Kier alpha value is -4.04. The van der Waals surface area contributed by atoms with Crippen molar-refractivity contribution in [2.24, 2.45) is 0 Å². The largest absolute Gasteiger partial charge is 0.438 e. The molecular formula is C30H33N3O4S. The van der Waals surface area contributed by atoms with E-state index in [2.05, 4.69) is 28.5 Å². The SMILES string of the molecule is Cc1cc(C)c(Oc2nc(-c3ccc(C(C)C)cc3)ccc2C(=O)NS(=O)(=O)c2cccc(C)n2)c(C)c1.[HH]. The van der Waals surface area contributed by atoms with Gasteiger partial charge in [-0.3, -0.25) is 4.79 Å². The fraction of sp³-hybridized carbons (Fsp3) is 0.233. The van der Waals surface area contributed by atoms with Crippen molar-refractivity contribution in [2.45, 2.75) is 52.5 Å². The number of benzene rings is 2. The average Bonchev–Trinajstić information content (AvgIpc) is 2.86. The van der Waals surface area contributed by atoms with Gasteiger partial charge >= 0.3 is 0 Å². The quantitative estimate of drug-likeness (QED) is 0.286. The smallest absolute Gasteiger partial charge is 0.281 e. The number of nitrogens with zero attached hydrogens (tertiary/aromatic N) is 2. The van der Waals surface area contributed by atoms with Gasteiger partial charge in [-0.1, -0.05) is 61.9 Å². The number of carbonyl (C=O) groups is 1. The summed E-state index contributed by atoms with van der Waals surface area (Å²) in [7, 11) is -4.21. The molecule has 0 bridgehead atoms. The first kappa shape index (κ1) is 27.0. The molecule has 198 valence electrons. The maximum absolute atomic E-state index is 13.3. The molecule has 2 heterocycles. The Labute approximate surface area is 225 Å². The first-order valence-electron chi connectivity index (χ1n) is 12.3. The molecule has 7 nitrogen and oxygen atoms in total. The van der Waals surface area contributed by atoms with E-state index in [1.807, 2.05) is 57.2 Å². The number of aromatic nitrogens is 2. The van der Waals surface area contributed by atoms with Gasteiger partial charge in [0.1, 0.15) is 11.3 Å². The lowest BCUT2D eigenvalue weighted by Crippen LogP contribution is -2.31. The summed E-state index contributed by atoms with van der Waals surface area (Å²) in [5.74, 6) is 0.0993. The lowest BCUT2D eigenvalue weighted by atomic mass is 10.0. The van der Waals surface area contributed by atoms with Gasteiger partial charge in [-0.2, -0.15) is 8.42 Å². The van der Waals surface area contributed by atoms with Gasteiger partial charge in [-0.05, 0) is 74.6 Å². The second-order valence-corrected chi connectivity index (χ2v) is 11.3. The van der Waals surface area contributed by atoms with Crippen molar-refractivity contribution in [1.82, 2.24) is 14.7 Å². The molecule has 0 fully saturated rings. The molecule has 1 N–H and O–H groups in total. The van der Waals surface area contributed by atoms with Crippen LogP contribution in [0.5, 0.6) is 11.6 Å². The number of nitrogens with one attached hydrogen (secondary N) is 1.